The largest absolute Gasteiger partial charge is 0.443 e. The first-order valence-corrected chi connectivity index (χ1v) is 10.3. The van der Waals surface area contributed by atoms with Crippen LogP contribution in [0.3, 0.4) is 0 Å². The van der Waals surface area contributed by atoms with Crippen molar-refractivity contribution in [2.45, 2.75) is 53.2 Å². The second-order valence-corrected chi connectivity index (χ2v) is 9.05. The van der Waals surface area contributed by atoms with Crippen LogP contribution in [0.25, 0.3) is 0 Å². The molecule has 182 valence electrons. The maximum Gasteiger partial charge on any atom is 0.251 e. The summed E-state index contributed by atoms with van der Waals surface area (Å²) in [6, 6.07) is 8.92. The van der Waals surface area contributed by atoms with E-state index in [-0.39, 0.29) is 42.2 Å². The summed E-state index contributed by atoms with van der Waals surface area (Å²) < 4.78 is 34.8. The van der Waals surface area contributed by atoms with Gasteiger partial charge in [-0.1, -0.05) is 50.1 Å². The summed E-state index contributed by atoms with van der Waals surface area (Å²) in [5.41, 5.74) is 6.25. The van der Waals surface area contributed by atoms with Gasteiger partial charge in [-0.05, 0) is 45.0 Å². The lowest BCUT2D eigenvalue weighted by molar-refractivity contribution is -0.161. The summed E-state index contributed by atoms with van der Waals surface area (Å²) in [6.07, 6.45) is 0.882. The fourth-order valence-electron chi connectivity index (χ4n) is 3.72. The SMILES string of the molecule is Cc1cc(C)cc(C2(CCCN)OC(c3cc(F)ccc3F)=NN2C(=O)C(C)(C)C)c1.Cl.Cl. The van der Waals surface area contributed by atoms with E-state index in [9.17, 15) is 13.6 Å². The van der Waals surface area contributed by atoms with E-state index in [1.807, 2.05) is 32.0 Å². The number of ether oxygens (including phenoxy) is 1. The molecule has 3 rings (SSSR count). The first-order valence-electron chi connectivity index (χ1n) is 10.3. The molecule has 9 heteroatoms. The van der Waals surface area contributed by atoms with Gasteiger partial charge >= 0.3 is 0 Å². The van der Waals surface area contributed by atoms with Gasteiger partial charge in [0.25, 0.3) is 5.91 Å². The molecule has 0 radical (unpaired) electrons. The Labute approximate surface area is 206 Å². The molecule has 0 spiro atoms. The van der Waals surface area contributed by atoms with Crippen molar-refractivity contribution >= 4 is 36.6 Å². The van der Waals surface area contributed by atoms with Crippen molar-refractivity contribution < 1.29 is 18.3 Å². The summed E-state index contributed by atoms with van der Waals surface area (Å²) in [4.78, 5) is 13.5. The van der Waals surface area contributed by atoms with E-state index in [4.69, 9.17) is 10.5 Å². The highest BCUT2D eigenvalue weighted by Crippen LogP contribution is 2.43. The lowest BCUT2D eigenvalue weighted by atomic mass is 9.89. The van der Waals surface area contributed by atoms with Gasteiger partial charge < -0.3 is 10.5 Å². The molecule has 0 bridgehead atoms. The molecule has 0 saturated carbocycles. The normalized spacial score (nSPS) is 17.6. The van der Waals surface area contributed by atoms with E-state index < -0.39 is 22.8 Å². The van der Waals surface area contributed by atoms with Crippen LogP contribution in [0.1, 0.15) is 55.9 Å². The highest BCUT2D eigenvalue weighted by atomic mass is 35.5. The van der Waals surface area contributed by atoms with E-state index in [0.29, 0.717) is 24.9 Å². The van der Waals surface area contributed by atoms with E-state index >= 15 is 0 Å². The number of aryl methyl sites for hydroxylation is 2. The van der Waals surface area contributed by atoms with E-state index in [0.717, 1.165) is 29.3 Å². The Bertz CT molecular complexity index is 1020. The standard InChI is InChI=1S/C24H29F2N3O2.2ClH/c1-15-11-16(2)13-17(12-15)24(9-6-10-27)29(22(30)23(3,4)5)28-21(31-24)19-14-18(25)7-8-20(19)26;;/h7-8,11-14H,6,9-10,27H2,1-5H3;2*1H. The molecule has 0 fully saturated rings. The van der Waals surface area contributed by atoms with Crippen molar-refractivity contribution in [3.63, 3.8) is 0 Å². The quantitative estimate of drug-likeness (QED) is 0.580. The van der Waals surface area contributed by atoms with Gasteiger partial charge in [-0.2, -0.15) is 5.01 Å². The number of halogens is 4. The highest BCUT2D eigenvalue weighted by Gasteiger charge is 2.52. The zero-order chi connectivity index (χ0) is 23.0. The summed E-state index contributed by atoms with van der Waals surface area (Å²) in [6.45, 7) is 9.61. The Morgan fingerprint density at radius 1 is 1.09 bits per heavy atom. The fourth-order valence-corrected chi connectivity index (χ4v) is 3.72. The molecule has 1 unspecified atom stereocenters. The predicted octanol–water partition coefficient (Wildman–Crippen LogP) is 5.58. The minimum absolute atomic E-state index is 0. The Kier molecular flexibility index (Phi) is 9.43. The van der Waals surface area contributed by atoms with Gasteiger partial charge in [-0.3, -0.25) is 4.79 Å². The molecule has 1 atom stereocenters. The average Bonchev–Trinajstić information content (AvgIpc) is 3.06. The highest BCUT2D eigenvalue weighted by molar-refractivity contribution is 5.97. The molecule has 0 aliphatic carbocycles. The molecule has 1 heterocycles. The number of nitrogens with zero attached hydrogens (tertiary/aromatic N) is 2. The molecule has 0 saturated heterocycles. The van der Waals surface area contributed by atoms with Crippen LogP contribution in [0.5, 0.6) is 0 Å². The molecule has 0 aromatic heterocycles. The summed E-state index contributed by atoms with van der Waals surface area (Å²) in [7, 11) is 0. The number of nitrogens with two attached hydrogens (primary N) is 1. The van der Waals surface area contributed by atoms with Crippen LogP contribution in [0.4, 0.5) is 8.78 Å². The molecule has 2 aromatic carbocycles. The van der Waals surface area contributed by atoms with Gasteiger partial charge in [-0.25, -0.2) is 8.78 Å². The minimum Gasteiger partial charge on any atom is -0.443 e. The number of carbonyl (C=O) groups excluding carboxylic acids is 1. The number of hydrogen-bond acceptors (Lipinski definition) is 4. The van der Waals surface area contributed by atoms with E-state index in [2.05, 4.69) is 5.10 Å². The Balaban J connectivity index is 0.00000272. The molecule has 5 nitrogen and oxygen atoms in total. The molecule has 2 N–H and O–H groups in total. The Morgan fingerprint density at radius 3 is 2.24 bits per heavy atom. The second kappa shape index (κ2) is 10.8. The third-order valence-electron chi connectivity index (χ3n) is 5.18. The number of amides is 1. The number of rotatable bonds is 5. The number of hydrazone groups is 1. The van der Waals surface area contributed by atoms with Crippen molar-refractivity contribution in [1.82, 2.24) is 5.01 Å². The van der Waals surface area contributed by atoms with Crippen molar-refractivity contribution in [2.75, 3.05) is 6.54 Å². The van der Waals surface area contributed by atoms with Crippen LogP contribution in [0.2, 0.25) is 0 Å². The predicted molar refractivity (Wildman–Crippen MR) is 131 cm³/mol. The van der Waals surface area contributed by atoms with Crippen LogP contribution in [0.15, 0.2) is 41.5 Å². The molecule has 1 amide bonds. The van der Waals surface area contributed by atoms with Gasteiger partial charge in [0.05, 0.1) is 5.56 Å². The van der Waals surface area contributed by atoms with E-state index in [1.165, 1.54) is 5.01 Å². The first kappa shape index (κ1) is 28.8. The van der Waals surface area contributed by atoms with Crippen LogP contribution in [-0.4, -0.2) is 23.4 Å². The molecule has 1 aliphatic heterocycles. The molecular weight excluding hydrogens is 471 g/mol. The maximum absolute atomic E-state index is 14.6. The van der Waals surface area contributed by atoms with Gasteiger partial charge in [0.15, 0.2) is 0 Å². The van der Waals surface area contributed by atoms with Gasteiger partial charge in [0.1, 0.15) is 11.6 Å². The fraction of sp³-hybridized carbons (Fsp3) is 0.417. The Morgan fingerprint density at radius 2 is 1.70 bits per heavy atom. The number of benzene rings is 2. The number of hydrogen-bond donors (Lipinski definition) is 1. The smallest absolute Gasteiger partial charge is 0.251 e. The zero-order valence-corrected chi connectivity index (χ0v) is 21.1. The van der Waals surface area contributed by atoms with Crippen LogP contribution < -0.4 is 5.73 Å². The van der Waals surface area contributed by atoms with Gasteiger partial charge in [0.2, 0.25) is 11.6 Å². The second-order valence-electron chi connectivity index (χ2n) is 9.05. The van der Waals surface area contributed by atoms with E-state index in [1.54, 1.807) is 20.8 Å². The van der Waals surface area contributed by atoms with Crippen molar-refractivity contribution in [3.05, 3.63) is 70.3 Å². The minimum atomic E-state index is -1.31. The summed E-state index contributed by atoms with van der Waals surface area (Å²) in [5, 5.41) is 5.69. The lowest BCUT2D eigenvalue weighted by Gasteiger charge is -2.38. The summed E-state index contributed by atoms with van der Waals surface area (Å²) >= 11 is 0. The third kappa shape index (κ3) is 5.83. The first-order chi connectivity index (χ1) is 14.5. The molecule has 1 aliphatic rings. The van der Waals surface area contributed by atoms with Crippen LogP contribution in [-0.2, 0) is 15.3 Å². The topological polar surface area (TPSA) is 67.9 Å². The van der Waals surface area contributed by atoms with Gasteiger partial charge in [0, 0.05) is 17.4 Å². The Hall–Kier alpha value is -2.22. The third-order valence-corrected chi connectivity index (χ3v) is 5.18. The summed E-state index contributed by atoms with van der Waals surface area (Å²) in [5.74, 6) is -1.73. The molecule has 2 aromatic rings. The lowest BCUT2D eigenvalue weighted by Crippen LogP contribution is -2.49. The van der Waals surface area contributed by atoms with Gasteiger partial charge in [-0.15, -0.1) is 29.9 Å². The molecular formula is C24H31Cl2F2N3O2. The molecule has 33 heavy (non-hydrogen) atoms. The zero-order valence-electron chi connectivity index (χ0n) is 19.4. The van der Waals surface area contributed by atoms with Crippen molar-refractivity contribution in [3.8, 4) is 0 Å². The monoisotopic (exact) mass is 501 g/mol. The van der Waals surface area contributed by atoms with Crippen LogP contribution in [0, 0.1) is 30.9 Å². The maximum atomic E-state index is 14.6. The average molecular weight is 502 g/mol. The van der Waals surface area contributed by atoms with Crippen molar-refractivity contribution in [2.24, 2.45) is 16.3 Å². The van der Waals surface area contributed by atoms with Crippen LogP contribution >= 0.6 is 24.8 Å². The van der Waals surface area contributed by atoms with Crippen molar-refractivity contribution in [1.29, 1.82) is 0 Å². The number of carbonyl (C=O) groups is 1.